The van der Waals surface area contributed by atoms with Crippen molar-refractivity contribution >= 4 is 36.0 Å². The summed E-state index contributed by atoms with van der Waals surface area (Å²) in [6.45, 7) is 20.9. The Balaban J connectivity index is 2.51. The monoisotopic (exact) mass is 510 g/mol. The zero-order valence-electron chi connectivity index (χ0n) is 20.3. The highest BCUT2D eigenvalue weighted by Gasteiger charge is 2.38. The second-order valence-electron chi connectivity index (χ2n) is 9.54. The summed E-state index contributed by atoms with van der Waals surface area (Å²) < 4.78 is 7.62. The summed E-state index contributed by atoms with van der Waals surface area (Å²) in [5, 5.41) is 6.89. The molecule has 7 heteroatoms. The van der Waals surface area contributed by atoms with Crippen molar-refractivity contribution < 1.29 is 4.43 Å². The van der Waals surface area contributed by atoms with Crippen LogP contribution in [0.1, 0.15) is 65.7 Å². The van der Waals surface area contributed by atoms with Gasteiger partial charge in [-0.1, -0.05) is 32.9 Å². The van der Waals surface area contributed by atoms with E-state index >= 15 is 0 Å². The molecule has 0 bridgehead atoms. The van der Waals surface area contributed by atoms with E-state index in [1.807, 2.05) is 12.2 Å². The number of rotatable bonds is 16. The summed E-state index contributed by atoms with van der Waals surface area (Å²) in [6, 6.07) is 0. The lowest BCUT2D eigenvalue weighted by molar-refractivity contribution is 0.156. The molecule has 1 aromatic rings. The molecule has 5 nitrogen and oxygen atoms in total. The largest absolute Gasteiger partial charge is 0.414 e. The number of hydrogen-bond acceptors (Lipinski definition) is 5. The van der Waals surface area contributed by atoms with Crippen molar-refractivity contribution in [3.05, 3.63) is 36.0 Å². The first-order valence-electron chi connectivity index (χ1n) is 11.5. The maximum atomic E-state index is 6.74. The number of nitrogens with one attached hydrogen (secondary N) is 2. The first-order chi connectivity index (χ1) is 14.6. The van der Waals surface area contributed by atoms with Crippen LogP contribution in [0.15, 0.2) is 36.0 Å². The Morgan fingerprint density at radius 1 is 1.06 bits per heavy atom. The summed E-state index contributed by atoms with van der Waals surface area (Å²) in [5.41, 5.74) is 0. The van der Waals surface area contributed by atoms with Gasteiger partial charge in [0.2, 0.25) is 5.95 Å². The summed E-state index contributed by atoms with van der Waals surface area (Å²) in [6.07, 6.45) is 13.5. The molecule has 0 aliphatic heterocycles. The molecule has 0 saturated heterocycles. The number of allylic oxidation sites excluding steroid dienone is 1. The molecule has 0 aromatic carbocycles. The maximum Gasteiger partial charge on any atom is 0.224 e. The Morgan fingerprint density at radius 2 is 1.74 bits per heavy atom. The first kappa shape index (κ1) is 27.9. The molecule has 1 atom stereocenters. The van der Waals surface area contributed by atoms with Crippen LogP contribution in [0.2, 0.25) is 18.1 Å². The molecule has 2 N–H and O–H groups in total. The van der Waals surface area contributed by atoms with Gasteiger partial charge in [0, 0.05) is 25.4 Å². The van der Waals surface area contributed by atoms with E-state index < -0.39 is 8.32 Å². The fourth-order valence-electron chi connectivity index (χ4n) is 2.91. The quantitative estimate of drug-likeness (QED) is 0.136. The Kier molecular flexibility index (Phi) is 12.6. The van der Waals surface area contributed by atoms with Crippen molar-refractivity contribution in [2.45, 2.75) is 90.0 Å². The lowest BCUT2D eigenvalue weighted by Gasteiger charge is -2.39. The van der Waals surface area contributed by atoms with Crippen LogP contribution >= 0.6 is 15.9 Å². The molecule has 1 rings (SSSR count). The average molecular weight is 512 g/mol. The van der Waals surface area contributed by atoms with Crippen molar-refractivity contribution in [2.75, 3.05) is 23.7 Å². The fourth-order valence-corrected chi connectivity index (χ4v) is 4.67. The Labute approximate surface area is 199 Å². The van der Waals surface area contributed by atoms with Gasteiger partial charge in [0.25, 0.3) is 0 Å². The van der Waals surface area contributed by atoms with Gasteiger partial charge in [0.15, 0.2) is 8.32 Å². The summed E-state index contributed by atoms with van der Waals surface area (Å²) in [7, 11) is -1.75. The maximum absolute atomic E-state index is 6.74. The van der Waals surface area contributed by atoms with E-state index in [1.165, 1.54) is 0 Å². The molecular formula is C24H43BrN4OSi. The standard InChI is InChI=1S/C24H43BrN4OSi/c1-8-10-12-15-20(30-31(6,7)24(3,4)5)16-13-14-18-26-22-21(25)19-28-23(29-22)27-17-11-9-2/h8-9,19-20H,1-2,10-18H2,3-7H3,(H2,26,27,28,29). The van der Waals surface area contributed by atoms with E-state index in [4.69, 9.17) is 4.43 Å². The summed E-state index contributed by atoms with van der Waals surface area (Å²) >= 11 is 3.54. The third-order valence-corrected chi connectivity index (χ3v) is 10.9. The SMILES string of the molecule is C=CCCCC(CCCCNc1nc(NCCC=C)ncc1Br)O[Si](C)(C)C(C)(C)C. The van der Waals surface area contributed by atoms with Gasteiger partial charge in [-0.15, -0.1) is 13.2 Å². The van der Waals surface area contributed by atoms with Gasteiger partial charge in [0.05, 0.1) is 4.47 Å². The number of halogens is 1. The van der Waals surface area contributed by atoms with Gasteiger partial charge in [-0.3, -0.25) is 0 Å². The van der Waals surface area contributed by atoms with Gasteiger partial charge < -0.3 is 15.1 Å². The minimum absolute atomic E-state index is 0.238. The number of aromatic nitrogens is 2. The van der Waals surface area contributed by atoms with E-state index in [-0.39, 0.29) is 5.04 Å². The highest BCUT2D eigenvalue weighted by atomic mass is 79.9. The van der Waals surface area contributed by atoms with Crippen LogP contribution in [0, 0.1) is 0 Å². The molecule has 0 radical (unpaired) electrons. The average Bonchev–Trinajstić information content (AvgIpc) is 2.69. The van der Waals surface area contributed by atoms with Crippen molar-refractivity contribution in [1.29, 1.82) is 0 Å². The molecule has 31 heavy (non-hydrogen) atoms. The molecule has 1 heterocycles. The predicted octanol–water partition coefficient (Wildman–Crippen LogP) is 7.56. The van der Waals surface area contributed by atoms with Crippen molar-refractivity contribution in [3.8, 4) is 0 Å². The smallest absolute Gasteiger partial charge is 0.224 e. The molecule has 0 aliphatic carbocycles. The lowest BCUT2D eigenvalue weighted by atomic mass is 10.1. The second kappa shape index (κ2) is 14.1. The van der Waals surface area contributed by atoms with Gasteiger partial charge in [-0.25, -0.2) is 4.98 Å². The zero-order chi connectivity index (χ0) is 23.3. The van der Waals surface area contributed by atoms with Crippen LogP contribution in [0.3, 0.4) is 0 Å². The molecule has 0 aliphatic rings. The molecule has 1 aromatic heterocycles. The molecule has 0 saturated carbocycles. The topological polar surface area (TPSA) is 59.1 Å². The minimum Gasteiger partial charge on any atom is -0.414 e. The number of unbranched alkanes of at least 4 members (excludes halogenated alkanes) is 2. The Bertz CT molecular complexity index is 676. The number of nitrogens with zero attached hydrogens (tertiary/aromatic N) is 2. The van der Waals surface area contributed by atoms with Gasteiger partial charge in [0.1, 0.15) is 5.82 Å². The molecular weight excluding hydrogens is 468 g/mol. The highest BCUT2D eigenvalue weighted by molar-refractivity contribution is 9.10. The van der Waals surface area contributed by atoms with Crippen LogP contribution in [0.25, 0.3) is 0 Å². The summed E-state index contributed by atoms with van der Waals surface area (Å²) in [4.78, 5) is 8.86. The van der Waals surface area contributed by atoms with Crippen LogP contribution in [-0.4, -0.2) is 37.5 Å². The first-order valence-corrected chi connectivity index (χ1v) is 15.2. The minimum atomic E-state index is -1.75. The molecule has 0 spiro atoms. The molecule has 0 fully saturated rings. The second-order valence-corrected chi connectivity index (χ2v) is 15.1. The third-order valence-electron chi connectivity index (χ3n) is 5.82. The van der Waals surface area contributed by atoms with Crippen LogP contribution in [-0.2, 0) is 4.43 Å². The third kappa shape index (κ3) is 10.8. The van der Waals surface area contributed by atoms with E-state index in [0.717, 1.165) is 68.3 Å². The predicted molar refractivity (Wildman–Crippen MR) is 141 cm³/mol. The molecule has 0 amide bonds. The fraction of sp³-hybridized carbons (Fsp3) is 0.667. The van der Waals surface area contributed by atoms with Gasteiger partial charge in [-0.05, 0) is 79.0 Å². The van der Waals surface area contributed by atoms with E-state index in [2.05, 4.69) is 83.6 Å². The van der Waals surface area contributed by atoms with Crippen molar-refractivity contribution in [1.82, 2.24) is 9.97 Å². The normalized spacial score (nSPS) is 13.0. The number of anilines is 2. The van der Waals surface area contributed by atoms with Crippen LogP contribution < -0.4 is 10.6 Å². The van der Waals surface area contributed by atoms with Crippen LogP contribution in [0.4, 0.5) is 11.8 Å². The Hall–Kier alpha value is -1.18. The van der Waals surface area contributed by atoms with E-state index in [1.54, 1.807) is 6.20 Å². The number of hydrogen-bond donors (Lipinski definition) is 2. The van der Waals surface area contributed by atoms with Gasteiger partial charge in [-0.2, -0.15) is 4.98 Å². The highest BCUT2D eigenvalue weighted by Crippen LogP contribution is 2.38. The Morgan fingerprint density at radius 3 is 2.39 bits per heavy atom. The zero-order valence-corrected chi connectivity index (χ0v) is 22.9. The van der Waals surface area contributed by atoms with Gasteiger partial charge >= 0.3 is 0 Å². The lowest BCUT2D eigenvalue weighted by Crippen LogP contribution is -2.44. The van der Waals surface area contributed by atoms with Crippen molar-refractivity contribution in [2.24, 2.45) is 0 Å². The van der Waals surface area contributed by atoms with E-state index in [0.29, 0.717) is 12.1 Å². The molecule has 1 unspecified atom stereocenters. The summed E-state index contributed by atoms with van der Waals surface area (Å²) in [5.74, 6) is 1.47. The molecule has 176 valence electrons. The van der Waals surface area contributed by atoms with E-state index in [9.17, 15) is 0 Å². The van der Waals surface area contributed by atoms with Crippen molar-refractivity contribution in [3.63, 3.8) is 0 Å². The van der Waals surface area contributed by atoms with Crippen LogP contribution in [0.5, 0.6) is 0 Å².